The lowest BCUT2D eigenvalue weighted by Crippen LogP contribution is -2.41. The third-order valence-corrected chi connectivity index (χ3v) is 29.1. The smallest absolute Gasteiger partial charge is 0.259 e. The number of hydrogen-bond acceptors (Lipinski definition) is 21. The third-order valence-electron chi connectivity index (χ3n) is 22.1. The van der Waals surface area contributed by atoms with E-state index in [2.05, 4.69) is 47.4 Å². The molecule has 5 aliphatic rings. The van der Waals surface area contributed by atoms with Crippen molar-refractivity contribution in [1.29, 1.82) is 0 Å². The molecule has 0 unspecified atom stereocenters. The summed E-state index contributed by atoms with van der Waals surface area (Å²) in [7, 11) is -14.1. The van der Waals surface area contributed by atoms with Gasteiger partial charge in [0.1, 0.15) is 6.33 Å². The highest BCUT2D eigenvalue weighted by molar-refractivity contribution is 7.93. The van der Waals surface area contributed by atoms with Gasteiger partial charge in [0.25, 0.3) is 63.7 Å². The number of carbonyl (C=O) groups excluding carboxylic acids is 4. The van der Waals surface area contributed by atoms with Gasteiger partial charge >= 0.3 is 0 Å². The van der Waals surface area contributed by atoms with Crippen LogP contribution in [-0.2, 0) is 65.5 Å². The Morgan fingerprint density at radius 3 is 1.46 bits per heavy atom. The zero-order valence-electron chi connectivity index (χ0n) is 71.2. The minimum absolute atomic E-state index is 0.147. The van der Waals surface area contributed by atoms with Gasteiger partial charge in [-0.15, -0.1) is 0 Å². The summed E-state index contributed by atoms with van der Waals surface area (Å²) in [6.45, 7) is 4.13. The quantitative estimate of drug-likeness (QED) is 0.0698. The summed E-state index contributed by atoms with van der Waals surface area (Å²) in [4.78, 5) is 69.7. The Bertz CT molecular complexity index is 7590. The first-order valence-corrected chi connectivity index (χ1v) is 49.4. The van der Waals surface area contributed by atoms with Crippen molar-refractivity contribution in [1.82, 2.24) is 29.5 Å². The number of ether oxygens (including phenoxy) is 4. The largest absolute Gasteiger partial charge is 0.362 e. The number of benzene rings is 10. The maximum Gasteiger partial charge on any atom is 0.259 e. The Labute approximate surface area is 785 Å². The molecule has 4 aliphatic heterocycles. The van der Waals surface area contributed by atoms with Gasteiger partial charge in [0.15, 0.2) is 23.8 Å². The van der Waals surface area contributed by atoms with Gasteiger partial charge < -0.3 is 40.2 Å². The summed E-state index contributed by atoms with van der Waals surface area (Å²) in [5, 5.41) is 21.1. The van der Waals surface area contributed by atoms with Crippen molar-refractivity contribution in [2.75, 3.05) is 115 Å². The molecule has 4 fully saturated rings. The monoisotopic (exact) mass is 1930 g/mol. The predicted molar refractivity (Wildman–Crippen MR) is 521 cm³/mol. The Kier molecular flexibility index (Phi) is 27.4. The summed E-state index contributed by atoms with van der Waals surface area (Å²) >= 11 is 19.1. The van der Waals surface area contributed by atoms with E-state index in [1.165, 1.54) is 35.7 Å². The molecule has 4 saturated heterocycles. The lowest BCUT2D eigenvalue weighted by Gasteiger charge is -2.28. The number of aryl methyl sites for hydroxylation is 1. The minimum atomic E-state index is -3.58. The number of aromatic nitrogens is 6. The van der Waals surface area contributed by atoms with Gasteiger partial charge in [0.05, 0.1) is 125 Å². The molecule has 680 valence electrons. The van der Waals surface area contributed by atoms with E-state index in [9.17, 15) is 52.8 Å². The first-order valence-electron chi connectivity index (χ1n) is 41.8. The van der Waals surface area contributed by atoms with Gasteiger partial charge in [0, 0.05) is 103 Å². The highest BCUT2D eigenvalue weighted by Gasteiger charge is 2.32. The molecule has 5 aromatic heterocycles. The molecular formula is C97H81Cl3N14O16S4. The third kappa shape index (κ3) is 20.9. The number of rotatable bonds is 16. The Balaban J connectivity index is 0.000000124. The van der Waals surface area contributed by atoms with Gasteiger partial charge in [-0.1, -0.05) is 126 Å². The maximum absolute atomic E-state index is 13.0. The zero-order valence-corrected chi connectivity index (χ0v) is 76.7. The van der Waals surface area contributed by atoms with Crippen LogP contribution < -0.4 is 38.5 Å². The maximum atomic E-state index is 13.0. The number of fused-ring (bicyclic) bond motifs is 4. The van der Waals surface area contributed by atoms with Crippen molar-refractivity contribution in [3.63, 3.8) is 0 Å². The molecule has 9 heterocycles. The number of carbonyl (C=O) groups is 4. The molecule has 0 radical (unpaired) electrons. The Morgan fingerprint density at radius 1 is 0.403 bits per heavy atom. The number of pyridine rings is 3. The highest BCUT2D eigenvalue weighted by Crippen LogP contribution is 2.38. The Morgan fingerprint density at radius 2 is 0.903 bits per heavy atom. The fourth-order valence-electron chi connectivity index (χ4n) is 15.5. The average Bonchev–Trinajstić information content (AvgIpc) is 1.20. The molecule has 15 aromatic rings. The van der Waals surface area contributed by atoms with Crippen LogP contribution in [0.3, 0.4) is 0 Å². The first-order chi connectivity index (χ1) is 64.6. The Hall–Kier alpha value is -13.9. The zero-order chi connectivity index (χ0) is 93.4. The number of nitrogens with zero attached hydrogens (tertiary/aromatic N) is 10. The van der Waals surface area contributed by atoms with Gasteiger partial charge in [-0.2, -0.15) is 5.10 Å². The molecule has 0 bridgehead atoms. The van der Waals surface area contributed by atoms with E-state index < -0.39 is 46.0 Å². The van der Waals surface area contributed by atoms with Crippen molar-refractivity contribution >= 4 is 177 Å². The van der Waals surface area contributed by atoms with Gasteiger partial charge in [-0.25, -0.2) is 43.2 Å². The number of anilines is 8. The molecule has 1 aliphatic carbocycles. The standard InChI is InChI=1S/C26H23N3O4S.C25H20ClN3O4S.C24H20ClN3O4S.C22H18ClN5O4S/c1-18-6-7-21(25-23-5-3-2-4-19(23)12-13-27-25)16-24(18)28-26(30)20-8-10-22(11-9-20)29-14-15-33-17-34(29,31)32;26-20-13-19(24-23-4-2-1-3-17(23)9-10-27-24)14-21(15-20)28-25(30)18-5-7-22(8-6-18)29-11-12-33-16-34(29,31)32;25-21-10-7-18(14-20(21)23-11-6-16-2-1-3-22(16)27-23)26-24(29)17-4-8-19(9-5-17)28-12-13-32-15-33(28,30)31;23-19-12-17(28-9-10-32-14-33(28,30)31)6-7-18(19)22(29)26-16-4-1-3-15(11-16)21-20-5-2-8-27(20)25-13-24-21/h2-13,16H,14-15,17H2,1H3,(H,28,30);1-10,13-15H,11-12,16H2,(H,28,30);1-2,4-11,14H,3,12-13,15H2,(H,26,29);1-8,11-13H,9-10,14H2,(H,26,29). The molecule has 10 aromatic carbocycles. The molecule has 0 spiro atoms. The molecule has 134 heavy (non-hydrogen) atoms. The second-order valence-corrected chi connectivity index (χ2v) is 39.7. The predicted octanol–water partition coefficient (Wildman–Crippen LogP) is 17.3. The number of sulfonamides is 4. The molecular weight excluding hydrogens is 1850 g/mol. The second kappa shape index (κ2) is 39.9. The van der Waals surface area contributed by atoms with Crippen LogP contribution in [0.5, 0.6) is 0 Å². The summed E-state index contributed by atoms with van der Waals surface area (Å²) < 4.78 is 125. The van der Waals surface area contributed by atoms with Crippen LogP contribution in [0.25, 0.3) is 78.2 Å². The van der Waals surface area contributed by atoms with E-state index in [1.54, 1.807) is 126 Å². The number of halogens is 3. The molecule has 37 heteroatoms. The van der Waals surface area contributed by atoms with Crippen molar-refractivity contribution in [2.24, 2.45) is 0 Å². The van der Waals surface area contributed by atoms with Crippen molar-refractivity contribution in [3.8, 4) is 45.0 Å². The lowest BCUT2D eigenvalue weighted by molar-refractivity contribution is 0.101. The fourth-order valence-corrected chi connectivity index (χ4v) is 21.2. The lowest BCUT2D eigenvalue weighted by atomic mass is 10.0. The van der Waals surface area contributed by atoms with Crippen molar-refractivity contribution < 1.29 is 71.8 Å². The summed E-state index contributed by atoms with van der Waals surface area (Å²) in [5.74, 6) is -2.75. The van der Waals surface area contributed by atoms with E-state index in [0.29, 0.717) is 92.1 Å². The van der Waals surface area contributed by atoms with Crippen LogP contribution in [-0.4, -0.2) is 163 Å². The van der Waals surface area contributed by atoms with E-state index in [-0.39, 0.29) is 84.8 Å². The second-order valence-electron chi connectivity index (χ2n) is 31.0. The first kappa shape index (κ1) is 92.0. The molecule has 0 atom stereocenters. The topological polar surface area (TPSA) is 372 Å². The average molecular weight is 1930 g/mol. The number of allylic oxidation sites excluding steroid dienone is 1. The highest BCUT2D eigenvalue weighted by atomic mass is 35.5. The van der Waals surface area contributed by atoms with E-state index in [1.807, 2.05) is 153 Å². The van der Waals surface area contributed by atoms with Crippen LogP contribution >= 0.6 is 34.8 Å². The van der Waals surface area contributed by atoms with E-state index >= 15 is 0 Å². The summed E-state index contributed by atoms with van der Waals surface area (Å²) in [6.07, 6.45) is 11.7. The molecule has 20 rings (SSSR count). The van der Waals surface area contributed by atoms with Crippen molar-refractivity contribution in [2.45, 2.75) is 13.3 Å². The van der Waals surface area contributed by atoms with E-state index in [4.69, 9.17) is 58.7 Å². The summed E-state index contributed by atoms with van der Waals surface area (Å²) in [5.41, 5.74) is 15.9. The SMILES string of the molecule is Cc1ccc(-c2nccc3ccccc23)cc1NC(=O)c1ccc(N2CCOCS2(=O)=O)cc1.O=C(Nc1cc(Cl)cc(-c2nccc3ccccc23)c1)c1ccc(N2CCOCS2(=O)=O)cc1.O=C(Nc1ccc(Cl)c(-c2ccc3c(n2)CC=C3)c1)c1ccc(N2CCOCS2(=O)=O)cc1.O=C(Nc1cccc(-c2ncnn3cccc23)c1)c1ccc(N2CCOCS2(=O)=O)cc1Cl. The fraction of sp³-hybridized carbons (Fsp3) is 0.144. The van der Waals surface area contributed by atoms with Crippen LogP contribution in [0, 0.1) is 6.92 Å². The normalized spacial score (nSPS) is 15.6. The molecule has 30 nitrogen and oxygen atoms in total. The number of nitrogens with one attached hydrogen (secondary N) is 4. The van der Waals surface area contributed by atoms with Crippen LogP contribution in [0.2, 0.25) is 15.1 Å². The summed E-state index contributed by atoms with van der Waals surface area (Å²) in [6, 6.07) is 75.3. The van der Waals surface area contributed by atoms with Crippen LogP contribution in [0.15, 0.2) is 286 Å². The molecule has 0 saturated carbocycles. The van der Waals surface area contributed by atoms with Gasteiger partial charge in [0.2, 0.25) is 0 Å². The minimum Gasteiger partial charge on any atom is -0.362 e. The van der Waals surface area contributed by atoms with E-state index in [0.717, 1.165) is 95.3 Å². The van der Waals surface area contributed by atoms with Crippen LogP contribution in [0.4, 0.5) is 45.5 Å². The number of hydrogen-bond donors (Lipinski definition) is 4. The number of amides is 4. The van der Waals surface area contributed by atoms with Gasteiger partial charge in [-0.3, -0.25) is 51.4 Å². The van der Waals surface area contributed by atoms with Crippen molar-refractivity contribution in [3.05, 3.63) is 340 Å². The van der Waals surface area contributed by atoms with Gasteiger partial charge in [-0.05, 0) is 205 Å². The molecule has 4 amide bonds. The van der Waals surface area contributed by atoms with Crippen LogP contribution in [0.1, 0.15) is 58.3 Å². The molecule has 4 N–H and O–H groups in total.